The predicted molar refractivity (Wildman–Crippen MR) is 59.9 cm³/mol. The molecule has 17 heavy (non-hydrogen) atoms. The van der Waals surface area contributed by atoms with Gasteiger partial charge in [0.2, 0.25) is 0 Å². The van der Waals surface area contributed by atoms with Crippen LogP contribution in [0, 0.1) is 5.82 Å². The smallest absolute Gasteiger partial charge is 0.356 e. The van der Waals surface area contributed by atoms with Crippen molar-refractivity contribution in [3.05, 3.63) is 41.8 Å². The summed E-state index contributed by atoms with van der Waals surface area (Å²) in [4.78, 5) is 11.4. The molecular weight excluding hydrogens is 223 g/mol. The maximum absolute atomic E-state index is 12.8. The van der Waals surface area contributed by atoms with E-state index in [9.17, 15) is 9.18 Å². The second-order valence-corrected chi connectivity index (χ2v) is 3.54. The Labute approximate surface area is 97.6 Å². The molecule has 0 radical (unpaired) electrons. The Morgan fingerprint density at radius 2 is 2.00 bits per heavy atom. The largest absolute Gasteiger partial charge is 0.464 e. The van der Waals surface area contributed by atoms with Crippen LogP contribution in [-0.2, 0) is 11.8 Å². The predicted octanol–water partition coefficient (Wildman–Crippen LogP) is 2.01. The van der Waals surface area contributed by atoms with E-state index in [1.165, 1.54) is 23.9 Å². The van der Waals surface area contributed by atoms with Gasteiger partial charge in [0.15, 0.2) is 0 Å². The van der Waals surface area contributed by atoms with E-state index >= 15 is 0 Å². The maximum Gasteiger partial charge on any atom is 0.356 e. The third kappa shape index (κ3) is 2.18. The number of aromatic nitrogens is 2. The van der Waals surface area contributed by atoms with Gasteiger partial charge in [0.05, 0.1) is 12.8 Å². The van der Waals surface area contributed by atoms with E-state index in [4.69, 9.17) is 0 Å². The van der Waals surface area contributed by atoms with Gasteiger partial charge >= 0.3 is 5.97 Å². The van der Waals surface area contributed by atoms with Crippen LogP contribution in [0.5, 0.6) is 0 Å². The molecule has 0 saturated heterocycles. The van der Waals surface area contributed by atoms with E-state index in [0.717, 1.165) is 5.56 Å². The zero-order valence-electron chi connectivity index (χ0n) is 9.48. The van der Waals surface area contributed by atoms with Crippen molar-refractivity contribution in [3.63, 3.8) is 0 Å². The Kier molecular flexibility index (Phi) is 2.91. The van der Waals surface area contributed by atoms with Gasteiger partial charge in [-0.05, 0) is 30.3 Å². The Morgan fingerprint density at radius 3 is 2.59 bits per heavy atom. The number of aryl methyl sites for hydroxylation is 1. The minimum absolute atomic E-state index is 0.308. The molecule has 0 spiro atoms. The van der Waals surface area contributed by atoms with Crippen molar-refractivity contribution in [1.82, 2.24) is 9.78 Å². The molecule has 0 aliphatic rings. The van der Waals surface area contributed by atoms with Crippen molar-refractivity contribution >= 4 is 5.97 Å². The summed E-state index contributed by atoms with van der Waals surface area (Å²) in [5.41, 5.74) is 1.71. The van der Waals surface area contributed by atoms with Crippen molar-refractivity contribution in [2.45, 2.75) is 0 Å². The van der Waals surface area contributed by atoms with Crippen LogP contribution in [0.25, 0.3) is 11.3 Å². The third-order valence-corrected chi connectivity index (χ3v) is 2.41. The molecule has 2 aromatic rings. The number of rotatable bonds is 2. The minimum Gasteiger partial charge on any atom is -0.464 e. The van der Waals surface area contributed by atoms with Crippen LogP contribution in [0.3, 0.4) is 0 Å². The number of carbonyl (C=O) groups is 1. The molecule has 0 amide bonds. The third-order valence-electron chi connectivity index (χ3n) is 2.41. The molecule has 0 aliphatic heterocycles. The molecule has 0 unspecified atom stereocenters. The van der Waals surface area contributed by atoms with Gasteiger partial charge in [-0.3, -0.25) is 4.68 Å². The number of carbonyl (C=O) groups excluding carboxylic acids is 1. The summed E-state index contributed by atoms with van der Waals surface area (Å²) in [5.74, 6) is -0.758. The molecule has 1 aromatic carbocycles. The van der Waals surface area contributed by atoms with Crippen molar-refractivity contribution < 1.29 is 13.9 Å². The van der Waals surface area contributed by atoms with E-state index in [1.54, 1.807) is 25.2 Å². The zero-order chi connectivity index (χ0) is 12.4. The zero-order valence-corrected chi connectivity index (χ0v) is 9.48. The molecule has 2 rings (SSSR count). The second-order valence-electron chi connectivity index (χ2n) is 3.54. The average Bonchev–Trinajstić information content (AvgIpc) is 2.71. The highest BCUT2D eigenvalue weighted by Gasteiger charge is 2.14. The molecule has 0 fully saturated rings. The van der Waals surface area contributed by atoms with E-state index < -0.39 is 5.97 Å². The minimum atomic E-state index is -0.451. The summed E-state index contributed by atoms with van der Waals surface area (Å²) in [6.07, 6.45) is 0. The van der Waals surface area contributed by atoms with Gasteiger partial charge in [0, 0.05) is 12.6 Å². The lowest BCUT2D eigenvalue weighted by atomic mass is 10.1. The fourth-order valence-electron chi connectivity index (χ4n) is 1.52. The fourth-order valence-corrected chi connectivity index (χ4v) is 1.52. The molecule has 0 N–H and O–H groups in total. The first-order valence-electron chi connectivity index (χ1n) is 5.00. The van der Waals surface area contributed by atoms with E-state index in [1.807, 2.05) is 0 Å². The summed E-state index contributed by atoms with van der Waals surface area (Å²) in [6, 6.07) is 7.53. The number of benzene rings is 1. The Balaban J connectivity index is 2.41. The highest BCUT2D eigenvalue weighted by Crippen LogP contribution is 2.19. The highest BCUT2D eigenvalue weighted by atomic mass is 19.1. The summed E-state index contributed by atoms with van der Waals surface area (Å²) < 4.78 is 18.8. The number of esters is 1. The molecule has 1 heterocycles. The van der Waals surface area contributed by atoms with Crippen LogP contribution in [0.1, 0.15) is 10.5 Å². The number of methoxy groups -OCH3 is 1. The van der Waals surface area contributed by atoms with Crippen LogP contribution in [0.4, 0.5) is 4.39 Å². The topological polar surface area (TPSA) is 44.1 Å². The van der Waals surface area contributed by atoms with Gasteiger partial charge in [-0.2, -0.15) is 5.10 Å². The molecule has 1 aromatic heterocycles. The van der Waals surface area contributed by atoms with Gasteiger partial charge in [0.25, 0.3) is 0 Å². The molecule has 0 saturated carbocycles. The lowest BCUT2D eigenvalue weighted by molar-refractivity contribution is 0.0588. The fraction of sp³-hybridized carbons (Fsp3) is 0.167. The van der Waals surface area contributed by atoms with Gasteiger partial charge in [-0.1, -0.05) is 0 Å². The second kappa shape index (κ2) is 4.37. The number of nitrogens with zero attached hydrogens (tertiary/aromatic N) is 2. The van der Waals surface area contributed by atoms with Crippen LogP contribution < -0.4 is 0 Å². The highest BCUT2D eigenvalue weighted by molar-refractivity contribution is 5.88. The lowest BCUT2D eigenvalue weighted by Crippen LogP contribution is -2.07. The van der Waals surface area contributed by atoms with E-state index in [-0.39, 0.29) is 5.82 Å². The quantitative estimate of drug-likeness (QED) is 0.746. The summed E-state index contributed by atoms with van der Waals surface area (Å²) in [6.45, 7) is 0. The Hall–Kier alpha value is -2.17. The SMILES string of the molecule is COC(=O)c1cc(-c2ccc(F)cc2)nn1C. The van der Waals surface area contributed by atoms with Crippen molar-refractivity contribution in [3.8, 4) is 11.3 Å². The number of hydrogen-bond donors (Lipinski definition) is 0. The van der Waals surface area contributed by atoms with E-state index in [0.29, 0.717) is 11.4 Å². The summed E-state index contributed by atoms with van der Waals surface area (Å²) in [7, 11) is 2.96. The summed E-state index contributed by atoms with van der Waals surface area (Å²) >= 11 is 0. The summed E-state index contributed by atoms with van der Waals surface area (Å²) in [5, 5.41) is 4.17. The normalized spacial score (nSPS) is 10.3. The lowest BCUT2D eigenvalue weighted by Gasteiger charge is -1.96. The average molecular weight is 234 g/mol. The van der Waals surface area contributed by atoms with Gasteiger partial charge in [0.1, 0.15) is 11.5 Å². The van der Waals surface area contributed by atoms with Crippen LogP contribution >= 0.6 is 0 Å². The molecule has 4 nitrogen and oxygen atoms in total. The van der Waals surface area contributed by atoms with Crippen molar-refractivity contribution in [1.29, 1.82) is 0 Å². The first kappa shape index (κ1) is 11.3. The molecule has 0 aliphatic carbocycles. The van der Waals surface area contributed by atoms with Crippen LogP contribution in [0.15, 0.2) is 30.3 Å². The van der Waals surface area contributed by atoms with Crippen molar-refractivity contribution in [2.24, 2.45) is 7.05 Å². The van der Waals surface area contributed by atoms with Crippen LogP contribution in [-0.4, -0.2) is 22.9 Å². The molecule has 0 atom stereocenters. The Morgan fingerprint density at radius 1 is 1.35 bits per heavy atom. The van der Waals surface area contributed by atoms with Crippen molar-refractivity contribution in [2.75, 3.05) is 7.11 Å². The Bertz CT molecular complexity index is 546. The number of halogens is 1. The molecule has 0 bridgehead atoms. The monoisotopic (exact) mass is 234 g/mol. The van der Waals surface area contributed by atoms with Gasteiger partial charge < -0.3 is 4.74 Å². The van der Waals surface area contributed by atoms with Gasteiger partial charge in [-0.25, -0.2) is 9.18 Å². The first-order chi connectivity index (χ1) is 8.11. The molecule has 5 heteroatoms. The first-order valence-corrected chi connectivity index (χ1v) is 5.00. The van der Waals surface area contributed by atoms with E-state index in [2.05, 4.69) is 9.84 Å². The molecule has 88 valence electrons. The van der Waals surface area contributed by atoms with Crippen LogP contribution in [0.2, 0.25) is 0 Å². The molecular formula is C12H11FN2O2. The van der Waals surface area contributed by atoms with Gasteiger partial charge in [-0.15, -0.1) is 0 Å². The number of hydrogen-bond acceptors (Lipinski definition) is 3. The maximum atomic E-state index is 12.8. The number of ether oxygens (including phenoxy) is 1. The standard InChI is InChI=1S/C12H11FN2O2/c1-15-11(12(16)17-2)7-10(14-15)8-3-5-9(13)6-4-8/h3-7H,1-2H3.